The van der Waals surface area contributed by atoms with Crippen molar-refractivity contribution in [3.63, 3.8) is 0 Å². The molecule has 0 saturated carbocycles. The van der Waals surface area contributed by atoms with Gasteiger partial charge in [-0.2, -0.15) is 0 Å². The van der Waals surface area contributed by atoms with Gasteiger partial charge < -0.3 is 20.6 Å². The second kappa shape index (κ2) is 4.40. The lowest BCUT2D eigenvalue weighted by molar-refractivity contribution is 0.0864. The van der Waals surface area contributed by atoms with Crippen LogP contribution in [0.15, 0.2) is 18.2 Å². The van der Waals surface area contributed by atoms with Crippen LogP contribution in [0, 0.1) is 0 Å². The van der Waals surface area contributed by atoms with E-state index in [1.807, 2.05) is 0 Å². The number of aromatic hydroxyl groups is 2. The summed E-state index contributed by atoms with van der Waals surface area (Å²) in [5, 5.41) is 30.4. The molecule has 0 radical (unpaired) electrons. The van der Waals surface area contributed by atoms with Crippen LogP contribution in [0.3, 0.4) is 0 Å². The van der Waals surface area contributed by atoms with Crippen molar-refractivity contribution >= 4 is 5.91 Å². The Kier molecular flexibility index (Phi) is 3.39. The van der Waals surface area contributed by atoms with E-state index in [0.29, 0.717) is 0 Å². The molecule has 0 unspecified atom stereocenters. The smallest absolute Gasteiger partial charge is 0.259 e. The van der Waals surface area contributed by atoms with Gasteiger partial charge in [-0.25, -0.2) is 0 Å². The van der Waals surface area contributed by atoms with Gasteiger partial charge in [-0.05, 0) is 26.0 Å². The molecule has 0 aliphatic rings. The maximum atomic E-state index is 11.7. The van der Waals surface area contributed by atoms with Crippen LogP contribution in [-0.4, -0.2) is 33.4 Å². The van der Waals surface area contributed by atoms with E-state index < -0.39 is 11.4 Å². The number of carbonyl (C=O) groups excluding carboxylic acids is 1. The largest absolute Gasteiger partial charge is 0.507 e. The van der Waals surface area contributed by atoms with Gasteiger partial charge in [-0.3, -0.25) is 4.79 Å². The zero-order valence-electron chi connectivity index (χ0n) is 9.19. The zero-order valence-corrected chi connectivity index (χ0v) is 9.19. The third-order valence-electron chi connectivity index (χ3n) is 2.09. The van der Waals surface area contributed by atoms with E-state index in [1.54, 1.807) is 13.8 Å². The standard InChI is InChI=1S/C11H15NO4/c1-11(2,6-13)12-10(16)9-7(14)4-3-5-8(9)15/h3-5,13-15H,6H2,1-2H3,(H,12,16). The molecule has 0 aromatic heterocycles. The summed E-state index contributed by atoms with van der Waals surface area (Å²) >= 11 is 0. The molecule has 4 N–H and O–H groups in total. The quantitative estimate of drug-likeness (QED) is 0.606. The highest BCUT2D eigenvalue weighted by atomic mass is 16.3. The molecule has 1 aromatic carbocycles. The molecule has 1 aromatic rings. The number of aliphatic hydroxyl groups excluding tert-OH is 1. The number of amides is 1. The monoisotopic (exact) mass is 225 g/mol. The summed E-state index contributed by atoms with van der Waals surface area (Å²) in [6.07, 6.45) is 0. The highest BCUT2D eigenvalue weighted by Crippen LogP contribution is 2.26. The Bertz CT molecular complexity index is 381. The van der Waals surface area contributed by atoms with Crippen LogP contribution in [0.25, 0.3) is 0 Å². The third-order valence-corrected chi connectivity index (χ3v) is 2.09. The summed E-state index contributed by atoms with van der Waals surface area (Å²) in [6.45, 7) is 3.01. The molecule has 88 valence electrons. The average molecular weight is 225 g/mol. The van der Waals surface area contributed by atoms with Crippen LogP contribution >= 0.6 is 0 Å². The van der Waals surface area contributed by atoms with Gasteiger partial charge in [-0.15, -0.1) is 0 Å². The SMILES string of the molecule is CC(C)(CO)NC(=O)c1c(O)cccc1O. The number of hydrogen-bond acceptors (Lipinski definition) is 4. The van der Waals surface area contributed by atoms with Gasteiger partial charge in [0, 0.05) is 0 Å². The van der Waals surface area contributed by atoms with E-state index >= 15 is 0 Å². The highest BCUT2D eigenvalue weighted by molar-refractivity contribution is 5.99. The minimum Gasteiger partial charge on any atom is -0.507 e. The van der Waals surface area contributed by atoms with Crippen molar-refractivity contribution < 1.29 is 20.1 Å². The van der Waals surface area contributed by atoms with E-state index in [0.717, 1.165) is 0 Å². The summed E-state index contributed by atoms with van der Waals surface area (Å²) in [6, 6.07) is 4.04. The van der Waals surface area contributed by atoms with Crippen LogP contribution in [0.5, 0.6) is 11.5 Å². The molecule has 0 spiro atoms. The van der Waals surface area contributed by atoms with Crippen molar-refractivity contribution in [1.82, 2.24) is 5.32 Å². The fraction of sp³-hybridized carbons (Fsp3) is 0.364. The van der Waals surface area contributed by atoms with E-state index in [-0.39, 0.29) is 23.7 Å². The topological polar surface area (TPSA) is 89.8 Å². The van der Waals surface area contributed by atoms with Crippen molar-refractivity contribution in [2.45, 2.75) is 19.4 Å². The lowest BCUT2D eigenvalue weighted by Crippen LogP contribution is -2.46. The van der Waals surface area contributed by atoms with E-state index in [1.165, 1.54) is 18.2 Å². The molecule has 0 aliphatic heterocycles. The molecule has 0 fully saturated rings. The molecule has 5 nitrogen and oxygen atoms in total. The minimum atomic E-state index is -0.814. The van der Waals surface area contributed by atoms with Gasteiger partial charge in [0.2, 0.25) is 0 Å². The van der Waals surface area contributed by atoms with Crippen LogP contribution < -0.4 is 5.32 Å². The van der Waals surface area contributed by atoms with Gasteiger partial charge in [0.1, 0.15) is 17.1 Å². The number of phenols is 2. The minimum absolute atomic E-state index is 0.191. The molecule has 0 heterocycles. The normalized spacial score (nSPS) is 11.2. The van der Waals surface area contributed by atoms with Gasteiger partial charge >= 0.3 is 0 Å². The maximum absolute atomic E-state index is 11.7. The summed E-state index contributed by atoms with van der Waals surface area (Å²) in [4.78, 5) is 11.7. The summed E-state index contributed by atoms with van der Waals surface area (Å²) in [5.74, 6) is -1.23. The first kappa shape index (κ1) is 12.3. The Morgan fingerprint density at radius 1 is 1.31 bits per heavy atom. The molecule has 1 amide bonds. The van der Waals surface area contributed by atoms with Crippen molar-refractivity contribution in [3.8, 4) is 11.5 Å². The average Bonchev–Trinajstić information content (AvgIpc) is 2.16. The fourth-order valence-corrected chi connectivity index (χ4v) is 1.17. The van der Waals surface area contributed by atoms with Gasteiger partial charge in [-0.1, -0.05) is 6.07 Å². The van der Waals surface area contributed by atoms with Crippen molar-refractivity contribution in [2.24, 2.45) is 0 Å². The maximum Gasteiger partial charge on any atom is 0.259 e. The molecule has 0 atom stereocenters. The molecule has 0 saturated heterocycles. The number of aliphatic hydroxyl groups is 1. The van der Waals surface area contributed by atoms with Crippen LogP contribution in [0.4, 0.5) is 0 Å². The van der Waals surface area contributed by atoms with Crippen molar-refractivity contribution in [3.05, 3.63) is 23.8 Å². The first-order valence-corrected chi connectivity index (χ1v) is 4.82. The second-order valence-electron chi connectivity index (χ2n) is 4.17. The number of carbonyl (C=O) groups is 1. The molecule has 16 heavy (non-hydrogen) atoms. The van der Waals surface area contributed by atoms with E-state index in [2.05, 4.69) is 5.32 Å². The Labute approximate surface area is 93.4 Å². The Morgan fingerprint density at radius 3 is 2.25 bits per heavy atom. The zero-order chi connectivity index (χ0) is 12.3. The summed E-state index contributed by atoms with van der Waals surface area (Å²) in [7, 11) is 0. The lowest BCUT2D eigenvalue weighted by Gasteiger charge is -2.23. The first-order valence-electron chi connectivity index (χ1n) is 4.82. The number of hydrogen-bond donors (Lipinski definition) is 4. The Balaban J connectivity index is 2.98. The molecular weight excluding hydrogens is 210 g/mol. The van der Waals surface area contributed by atoms with Gasteiger partial charge in [0.15, 0.2) is 0 Å². The Hall–Kier alpha value is -1.75. The highest BCUT2D eigenvalue weighted by Gasteiger charge is 2.23. The number of benzene rings is 1. The van der Waals surface area contributed by atoms with Gasteiger partial charge in [0.25, 0.3) is 5.91 Å². The number of phenolic OH excluding ortho intramolecular Hbond substituents is 2. The van der Waals surface area contributed by atoms with E-state index in [9.17, 15) is 15.0 Å². The van der Waals surface area contributed by atoms with E-state index in [4.69, 9.17) is 5.11 Å². The molecule has 5 heteroatoms. The second-order valence-corrected chi connectivity index (χ2v) is 4.17. The van der Waals surface area contributed by atoms with Gasteiger partial charge in [0.05, 0.1) is 12.1 Å². The third kappa shape index (κ3) is 2.64. The van der Waals surface area contributed by atoms with Crippen molar-refractivity contribution in [1.29, 1.82) is 0 Å². The Morgan fingerprint density at radius 2 is 1.81 bits per heavy atom. The molecular formula is C11H15NO4. The fourth-order valence-electron chi connectivity index (χ4n) is 1.17. The first-order chi connectivity index (χ1) is 7.37. The summed E-state index contributed by atoms with van der Waals surface area (Å²) < 4.78 is 0. The van der Waals surface area contributed by atoms with Crippen LogP contribution in [0.1, 0.15) is 24.2 Å². The molecule has 0 aliphatic carbocycles. The van der Waals surface area contributed by atoms with Crippen molar-refractivity contribution in [2.75, 3.05) is 6.61 Å². The lowest BCUT2D eigenvalue weighted by atomic mass is 10.1. The molecule has 1 rings (SSSR count). The number of rotatable bonds is 3. The number of nitrogens with one attached hydrogen (secondary N) is 1. The van der Waals surface area contributed by atoms with Crippen LogP contribution in [-0.2, 0) is 0 Å². The summed E-state index contributed by atoms with van der Waals surface area (Å²) in [5.41, 5.74) is -1.00. The molecule has 0 bridgehead atoms. The van der Waals surface area contributed by atoms with Crippen LogP contribution in [0.2, 0.25) is 0 Å². The predicted molar refractivity (Wildman–Crippen MR) is 58.4 cm³/mol. The predicted octanol–water partition coefficient (Wildman–Crippen LogP) is 0.599.